The van der Waals surface area contributed by atoms with Crippen molar-refractivity contribution in [2.45, 2.75) is 32.2 Å². The molecule has 108 valence electrons. The zero-order valence-corrected chi connectivity index (χ0v) is 12.1. The number of nitrogens with two attached hydrogens (primary N) is 1. The third kappa shape index (κ3) is 3.36. The molecule has 1 heterocycles. The Hall–Kier alpha value is -1.88. The molecule has 0 saturated heterocycles. The molecule has 1 aromatic carbocycles. The second kappa shape index (κ2) is 6.52. The van der Waals surface area contributed by atoms with Gasteiger partial charge in [-0.3, -0.25) is 4.79 Å². The summed E-state index contributed by atoms with van der Waals surface area (Å²) < 4.78 is 2.12. The van der Waals surface area contributed by atoms with E-state index in [-0.39, 0.29) is 11.9 Å². The first kappa shape index (κ1) is 14.5. The Morgan fingerprint density at radius 3 is 2.85 bits per heavy atom. The molecule has 1 amide bonds. The Morgan fingerprint density at radius 1 is 1.40 bits per heavy atom. The second-order valence-corrected chi connectivity index (χ2v) is 5.12. The van der Waals surface area contributed by atoms with Crippen molar-refractivity contribution in [2.75, 3.05) is 6.54 Å². The lowest BCUT2D eigenvalue weighted by molar-refractivity contribution is -0.118. The summed E-state index contributed by atoms with van der Waals surface area (Å²) in [5.41, 5.74) is 7.28. The molecule has 0 saturated carbocycles. The Morgan fingerprint density at radius 2 is 2.15 bits per heavy atom. The summed E-state index contributed by atoms with van der Waals surface area (Å²) in [6.07, 6.45) is 2.23. The second-order valence-electron chi connectivity index (χ2n) is 5.12. The number of aryl methyl sites for hydroxylation is 1. The number of carbonyl (C=O) groups is 1. The number of nitrogens with one attached hydrogen (secondary N) is 1. The van der Waals surface area contributed by atoms with E-state index in [1.165, 1.54) is 0 Å². The van der Waals surface area contributed by atoms with Crippen molar-refractivity contribution in [3.05, 3.63) is 30.1 Å². The van der Waals surface area contributed by atoms with E-state index >= 15 is 0 Å². The fraction of sp³-hybridized carbons (Fsp3) is 0.467. The molecule has 2 rings (SSSR count). The van der Waals surface area contributed by atoms with Crippen LogP contribution in [0.1, 0.15) is 38.1 Å². The van der Waals surface area contributed by atoms with Crippen molar-refractivity contribution in [1.82, 2.24) is 14.9 Å². The molecule has 0 bridgehead atoms. The number of para-hydroxylation sites is 2. The lowest BCUT2D eigenvalue weighted by Gasteiger charge is -2.13. The molecule has 0 spiro atoms. The van der Waals surface area contributed by atoms with E-state index in [1.54, 1.807) is 0 Å². The lowest BCUT2D eigenvalue weighted by atomic mass is 10.2. The van der Waals surface area contributed by atoms with E-state index in [9.17, 15) is 4.79 Å². The van der Waals surface area contributed by atoms with Gasteiger partial charge in [-0.1, -0.05) is 12.1 Å². The topological polar surface area (TPSA) is 72.9 Å². The zero-order valence-electron chi connectivity index (χ0n) is 12.1. The zero-order chi connectivity index (χ0) is 14.5. The van der Waals surface area contributed by atoms with Crippen LogP contribution in [0.3, 0.4) is 0 Å². The minimum Gasteiger partial charge on any atom is -0.370 e. The van der Waals surface area contributed by atoms with Gasteiger partial charge < -0.3 is 15.6 Å². The Kier molecular flexibility index (Phi) is 4.74. The van der Waals surface area contributed by atoms with Crippen LogP contribution in [0.25, 0.3) is 11.0 Å². The summed E-state index contributed by atoms with van der Waals surface area (Å²) in [5.74, 6) is 0.800. The van der Waals surface area contributed by atoms with Gasteiger partial charge in [-0.25, -0.2) is 4.98 Å². The number of fused-ring (bicyclic) bond motifs is 1. The van der Waals surface area contributed by atoms with Gasteiger partial charge in [0.15, 0.2) is 0 Å². The number of imidazole rings is 1. The first-order valence-electron chi connectivity index (χ1n) is 7.02. The van der Waals surface area contributed by atoms with E-state index in [1.807, 2.05) is 25.2 Å². The summed E-state index contributed by atoms with van der Waals surface area (Å²) in [4.78, 5) is 15.3. The molecule has 0 aliphatic heterocycles. The van der Waals surface area contributed by atoms with Crippen LogP contribution in [0.4, 0.5) is 0 Å². The molecule has 0 aliphatic carbocycles. The highest BCUT2D eigenvalue weighted by Gasteiger charge is 2.13. The highest BCUT2D eigenvalue weighted by atomic mass is 16.1. The minimum atomic E-state index is -0.228. The monoisotopic (exact) mass is 274 g/mol. The minimum absolute atomic E-state index is 0.181. The fourth-order valence-corrected chi connectivity index (χ4v) is 2.39. The number of nitrogens with zero attached hydrogens (tertiary/aromatic N) is 2. The van der Waals surface area contributed by atoms with Crippen LogP contribution in [-0.4, -0.2) is 22.0 Å². The van der Waals surface area contributed by atoms with Crippen LogP contribution in [0.5, 0.6) is 0 Å². The van der Waals surface area contributed by atoms with Gasteiger partial charge in [0.25, 0.3) is 0 Å². The third-order valence-electron chi connectivity index (χ3n) is 3.51. The van der Waals surface area contributed by atoms with Gasteiger partial charge in [-0.15, -0.1) is 0 Å². The van der Waals surface area contributed by atoms with E-state index in [0.29, 0.717) is 6.42 Å². The largest absolute Gasteiger partial charge is 0.370 e. The predicted molar refractivity (Wildman–Crippen MR) is 80.2 cm³/mol. The van der Waals surface area contributed by atoms with Gasteiger partial charge in [0.05, 0.1) is 17.1 Å². The van der Waals surface area contributed by atoms with Gasteiger partial charge in [-0.05, 0) is 38.4 Å². The van der Waals surface area contributed by atoms with Gasteiger partial charge in [0, 0.05) is 13.5 Å². The van der Waals surface area contributed by atoms with E-state index in [0.717, 1.165) is 36.2 Å². The third-order valence-corrected chi connectivity index (χ3v) is 3.51. The number of unbranched alkanes of at least 4 members (excludes halogenated alkanes) is 1. The maximum atomic E-state index is 10.7. The SMILES string of the molecule is CC(NCCCCC(N)=O)c1nc2ccccc2n1C. The van der Waals surface area contributed by atoms with Gasteiger partial charge in [-0.2, -0.15) is 0 Å². The molecule has 1 unspecified atom stereocenters. The van der Waals surface area contributed by atoms with Crippen molar-refractivity contribution in [3.8, 4) is 0 Å². The van der Waals surface area contributed by atoms with Crippen LogP contribution >= 0.6 is 0 Å². The molecule has 20 heavy (non-hydrogen) atoms. The summed E-state index contributed by atoms with van der Waals surface area (Å²) in [6, 6.07) is 8.31. The number of amides is 1. The highest BCUT2D eigenvalue weighted by Crippen LogP contribution is 2.19. The molecule has 1 atom stereocenters. The molecule has 0 radical (unpaired) electrons. The first-order chi connectivity index (χ1) is 9.59. The van der Waals surface area contributed by atoms with Crippen LogP contribution < -0.4 is 11.1 Å². The molecule has 0 fully saturated rings. The van der Waals surface area contributed by atoms with Crippen LogP contribution in [0.2, 0.25) is 0 Å². The van der Waals surface area contributed by atoms with E-state index < -0.39 is 0 Å². The van der Waals surface area contributed by atoms with Crippen LogP contribution in [0, 0.1) is 0 Å². The van der Waals surface area contributed by atoms with Gasteiger partial charge in [0.2, 0.25) is 5.91 Å². The molecule has 1 aromatic heterocycles. The predicted octanol–water partition coefficient (Wildman–Crippen LogP) is 1.88. The normalized spacial score (nSPS) is 12.7. The first-order valence-corrected chi connectivity index (χ1v) is 7.02. The highest BCUT2D eigenvalue weighted by molar-refractivity contribution is 5.75. The molecule has 3 N–H and O–H groups in total. The van der Waals surface area contributed by atoms with E-state index in [4.69, 9.17) is 5.73 Å². The summed E-state index contributed by atoms with van der Waals surface area (Å²) in [6.45, 7) is 2.97. The molecule has 5 heteroatoms. The molecule has 0 aliphatic rings. The number of benzene rings is 1. The quantitative estimate of drug-likeness (QED) is 0.757. The average Bonchev–Trinajstić information content (AvgIpc) is 2.76. The van der Waals surface area contributed by atoms with Gasteiger partial charge >= 0.3 is 0 Å². The maximum Gasteiger partial charge on any atom is 0.217 e. The molecule has 2 aromatic rings. The lowest BCUT2D eigenvalue weighted by Crippen LogP contribution is -2.23. The number of hydrogen-bond donors (Lipinski definition) is 2. The Balaban J connectivity index is 1.92. The molecular weight excluding hydrogens is 252 g/mol. The standard InChI is InChI=1S/C15H22N4O/c1-11(17-10-6-5-9-14(16)20)15-18-12-7-3-4-8-13(12)19(15)2/h3-4,7-8,11,17H,5-6,9-10H2,1-2H3,(H2,16,20). The number of primary amides is 1. The van der Waals surface area contributed by atoms with Crippen molar-refractivity contribution in [1.29, 1.82) is 0 Å². The number of hydrogen-bond acceptors (Lipinski definition) is 3. The van der Waals surface area contributed by atoms with Crippen LogP contribution in [0.15, 0.2) is 24.3 Å². The number of rotatable bonds is 7. The fourth-order valence-electron chi connectivity index (χ4n) is 2.39. The Labute approximate surface area is 119 Å². The average molecular weight is 274 g/mol. The van der Waals surface area contributed by atoms with E-state index in [2.05, 4.69) is 27.9 Å². The van der Waals surface area contributed by atoms with Crippen LogP contribution in [-0.2, 0) is 11.8 Å². The maximum absolute atomic E-state index is 10.7. The van der Waals surface area contributed by atoms with Crippen molar-refractivity contribution >= 4 is 16.9 Å². The summed E-state index contributed by atoms with van der Waals surface area (Å²) in [7, 11) is 2.04. The van der Waals surface area contributed by atoms with Gasteiger partial charge in [0.1, 0.15) is 5.82 Å². The molecule has 5 nitrogen and oxygen atoms in total. The summed E-state index contributed by atoms with van der Waals surface area (Å²) in [5, 5.41) is 3.44. The smallest absolute Gasteiger partial charge is 0.217 e. The van der Waals surface area contributed by atoms with Crippen molar-refractivity contribution < 1.29 is 4.79 Å². The molecular formula is C15H22N4O. The number of carbonyl (C=O) groups excluding carboxylic acids is 1. The summed E-state index contributed by atoms with van der Waals surface area (Å²) >= 11 is 0. The Bertz CT molecular complexity index is 591. The van der Waals surface area contributed by atoms with Crippen molar-refractivity contribution in [3.63, 3.8) is 0 Å². The number of aromatic nitrogens is 2. The van der Waals surface area contributed by atoms with Crippen molar-refractivity contribution in [2.24, 2.45) is 12.8 Å².